The number of nitrogens with one attached hydrogen (secondary N) is 1. The van der Waals surface area contributed by atoms with Gasteiger partial charge in [-0.05, 0) is 18.7 Å². The first kappa shape index (κ1) is 17.9. The summed E-state index contributed by atoms with van der Waals surface area (Å²) in [5.74, 6) is 0.541. The van der Waals surface area contributed by atoms with Crippen molar-refractivity contribution in [1.29, 1.82) is 0 Å². The highest BCUT2D eigenvalue weighted by Crippen LogP contribution is 2.20. The molecular formula is C21H21N5O2. The molecule has 0 saturated heterocycles. The molecule has 3 aromatic heterocycles. The highest BCUT2D eigenvalue weighted by molar-refractivity contribution is 5.62. The summed E-state index contributed by atoms with van der Waals surface area (Å²) in [7, 11) is 4.00. The summed E-state index contributed by atoms with van der Waals surface area (Å²) in [5, 5.41) is 4.20. The van der Waals surface area contributed by atoms with E-state index in [0.29, 0.717) is 11.5 Å². The molecule has 0 bridgehead atoms. The molecule has 7 nitrogen and oxygen atoms in total. The van der Waals surface area contributed by atoms with Crippen LogP contribution in [0.4, 0.5) is 0 Å². The maximum Gasteiger partial charge on any atom is 0.251 e. The van der Waals surface area contributed by atoms with Crippen molar-refractivity contribution >= 4 is 0 Å². The number of hydrogen-bond acceptors (Lipinski definition) is 5. The lowest BCUT2D eigenvalue weighted by atomic mass is 10.1. The van der Waals surface area contributed by atoms with Gasteiger partial charge in [-0.1, -0.05) is 24.3 Å². The van der Waals surface area contributed by atoms with E-state index in [1.165, 1.54) is 17.2 Å². The third kappa shape index (κ3) is 4.10. The van der Waals surface area contributed by atoms with Gasteiger partial charge in [0.05, 0.1) is 24.4 Å². The molecular weight excluding hydrogens is 354 g/mol. The minimum absolute atomic E-state index is 0.193. The van der Waals surface area contributed by atoms with E-state index < -0.39 is 0 Å². The van der Waals surface area contributed by atoms with Gasteiger partial charge in [-0.3, -0.25) is 14.4 Å². The molecule has 0 aliphatic heterocycles. The Bertz CT molecular complexity index is 1110. The molecule has 0 fully saturated rings. The SMILES string of the molecule is CN(Cc1ccc(-c2nc(-c3ccoc3)cc(=O)[nH]2)cc1)Cc1cnn(C)c1. The first-order chi connectivity index (χ1) is 13.6. The minimum Gasteiger partial charge on any atom is -0.472 e. The smallest absolute Gasteiger partial charge is 0.251 e. The third-order valence-electron chi connectivity index (χ3n) is 4.45. The molecule has 0 atom stereocenters. The van der Waals surface area contributed by atoms with Crippen LogP contribution in [-0.2, 0) is 20.1 Å². The highest BCUT2D eigenvalue weighted by Gasteiger charge is 2.08. The summed E-state index contributed by atoms with van der Waals surface area (Å²) in [6.07, 6.45) is 7.05. The van der Waals surface area contributed by atoms with Crippen LogP contribution < -0.4 is 5.56 Å². The van der Waals surface area contributed by atoms with Gasteiger partial charge in [0, 0.05) is 49.1 Å². The Hall–Kier alpha value is -3.45. The maximum absolute atomic E-state index is 12.0. The molecule has 0 amide bonds. The summed E-state index contributed by atoms with van der Waals surface area (Å²) in [6, 6.07) is 11.3. The number of rotatable bonds is 6. The summed E-state index contributed by atoms with van der Waals surface area (Å²) < 4.78 is 6.90. The zero-order chi connectivity index (χ0) is 19.5. The summed E-state index contributed by atoms with van der Waals surface area (Å²) >= 11 is 0. The van der Waals surface area contributed by atoms with Crippen LogP contribution in [0, 0.1) is 0 Å². The van der Waals surface area contributed by atoms with Crippen molar-refractivity contribution in [2.45, 2.75) is 13.1 Å². The Labute approximate surface area is 162 Å². The third-order valence-corrected chi connectivity index (χ3v) is 4.45. The molecule has 0 radical (unpaired) electrons. The van der Waals surface area contributed by atoms with Crippen molar-refractivity contribution in [2.24, 2.45) is 7.05 Å². The number of benzene rings is 1. The van der Waals surface area contributed by atoms with E-state index >= 15 is 0 Å². The minimum atomic E-state index is -0.193. The number of aryl methyl sites for hydroxylation is 1. The molecule has 1 N–H and O–H groups in total. The van der Waals surface area contributed by atoms with Gasteiger partial charge in [0.15, 0.2) is 0 Å². The zero-order valence-electron chi connectivity index (χ0n) is 15.8. The van der Waals surface area contributed by atoms with Gasteiger partial charge in [-0.25, -0.2) is 4.98 Å². The molecule has 7 heteroatoms. The molecule has 0 aliphatic rings. The second kappa shape index (κ2) is 7.66. The summed E-state index contributed by atoms with van der Waals surface area (Å²) in [6.45, 7) is 1.64. The van der Waals surface area contributed by atoms with Crippen LogP contribution in [0.5, 0.6) is 0 Å². The Morgan fingerprint density at radius 1 is 1.11 bits per heavy atom. The molecule has 4 rings (SSSR count). The number of aromatic amines is 1. The average Bonchev–Trinajstić information content (AvgIpc) is 3.34. The van der Waals surface area contributed by atoms with Crippen LogP contribution in [0.1, 0.15) is 11.1 Å². The Kier molecular flexibility index (Phi) is 4.90. The predicted molar refractivity (Wildman–Crippen MR) is 106 cm³/mol. The van der Waals surface area contributed by atoms with Gasteiger partial charge in [0.2, 0.25) is 0 Å². The topological polar surface area (TPSA) is 80.0 Å². The summed E-state index contributed by atoms with van der Waals surface area (Å²) in [4.78, 5) is 21.6. The van der Waals surface area contributed by atoms with Crippen molar-refractivity contribution in [3.05, 3.63) is 82.8 Å². The van der Waals surface area contributed by atoms with Gasteiger partial charge < -0.3 is 9.40 Å². The van der Waals surface area contributed by atoms with Crippen LogP contribution in [-0.4, -0.2) is 31.7 Å². The normalized spacial score (nSPS) is 11.2. The van der Waals surface area contributed by atoms with Crippen LogP contribution in [0.15, 0.2) is 70.5 Å². The van der Waals surface area contributed by atoms with Crippen LogP contribution >= 0.6 is 0 Å². The average molecular weight is 375 g/mol. The largest absolute Gasteiger partial charge is 0.472 e. The van der Waals surface area contributed by atoms with E-state index in [4.69, 9.17) is 4.42 Å². The number of aromatic nitrogens is 4. The van der Waals surface area contributed by atoms with Gasteiger partial charge >= 0.3 is 0 Å². The van der Waals surface area contributed by atoms with Crippen LogP contribution in [0.25, 0.3) is 22.6 Å². The van der Waals surface area contributed by atoms with E-state index in [1.807, 2.05) is 36.3 Å². The molecule has 0 unspecified atom stereocenters. The number of nitrogens with zero attached hydrogens (tertiary/aromatic N) is 4. The lowest BCUT2D eigenvalue weighted by molar-refractivity contribution is 0.319. The van der Waals surface area contributed by atoms with Gasteiger partial charge in [-0.2, -0.15) is 5.10 Å². The summed E-state index contributed by atoms with van der Waals surface area (Å²) in [5.41, 5.74) is 4.40. The van der Waals surface area contributed by atoms with E-state index in [-0.39, 0.29) is 5.56 Å². The lowest BCUT2D eigenvalue weighted by Crippen LogP contribution is -2.16. The zero-order valence-corrected chi connectivity index (χ0v) is 15.8. The van der Waals surface area contributed by atoms with Crippen molar-refractivity contribution in [2.75, 3.05) is 7.05 Å². The van der Waals surface area contributed by atoms with Gasteiger partial charge in [0.25, 0.3) is 5.56 Å². The molecule has 0 aliphatic carbocycles. The fraction of sp³-hybridized carbons (Fsp3) is 0.190. The quantitative estimate of drug-likeness (QED) is 0.560. The van der Waals surface area contributed by atoms with Gasteiger partial charge in [-0.15, -0.1) is 0 Å². The molecule has 4 aromatic rings. The van der Waals surface area contributed by atoms with E-state index in [9.17, 15) is 4.79 Å². The standard InChI is InChI=1S/C21H21N5O2/c1-25(12-16-10-22-26(2)13-16)11-15-3-5-17(6-4-15)21-23-19(9-20(27)24-21)18-7-8-28-14-18/h3-10,13-14H,11-12H2,1-2H3,(H,23,24,27). The molecule has 142 valence electrons. The Balaban J connectivity index is 1.49. The molecule has 1 aromatic carbocycles. The predicted octanol–water partition coefficient (Wildman–Crippen LogP) is 3.06. The first-order valence-corrected chi connectivity index (χ1v) is 8.96. The van der Waals surface area contributed by atoms with E-state index in [1.54, 1.807) is 18.6 Å². The van der Waals surface area contributed by atoms with Gasteiger partial charge in [0.1, 0.15) is 5.82 Å². The van der Waals surface area contributed by atoms with Crippen LogP contribution in [0.2, 0.25) is 0 Å². The lowest BCUT2D eigenvalue weighted by Gasteiger charge is -2.16. The second-order valence-electron chi connectivity index (χ2n) is 6.88. The number of H-pyrrole nitrogens is 1. The van der Waals surface area contributed by atoms with Crippen molar-refractivity contribution in [3.8, 4) is 22.6 Å². The second-order valence-corrected chi connectivity index (χ2v) is 6.88. The van der Waals surface area contributed by atoms with Crippen molar-refractivity contribution in [1.82, 2.24) is 24.6 Å². The fourth-order valence-corrected chi connectivity index (χ4v) is 3.15. The first-order valence-electron chi connectivity index (χ1n) is 8.96. The monoisotopic (exact) mass is 375 g/mol. The maximum atomic E-state index is 12.0. The van der Waals surface area contributed by atoms with E-state index in [2.05, 4.69) is 39.1 Å². The van der Waals surface area contributed by atoms with E-state index in [0.717, 1.165) is 24.2 Å². The molecule has 28 heavy (non-hydrogen) atoms. The Morgan fingerprint density at radius 3 is 2.57 bits per heavy atom. The number of hydrogen-bond donors (Lipinski definition) is 1. The number of furan rings is 1. The molecule has 0 spiro atoms. The van der Waals surface area contributed by atoms with Crippen molar-refractivity contribution in [3.63, 3.8) is 0 Å². The highest BCUT2D eigenvalue weighted by atomic mass is 16.3. The van der Waals surface area contributed by atoms with Crippen molar-refractivity contribution < 1.29 is 4.42 Å². The molecule has 0 saturated carbocycles. The molecule has 3 heterocycles. The Morgan fingerprint density at radius 2 is 1.89 bits per heavy atom. The fourth-order valence-electron chi connectivity index (χ4n) is 3.15. The van der Waals surface area contributed by atoms with Crippen LogP contribution in [0.3, 0.4) is 0 Å².